The molecule has 5 heteroatoms. The second-order valence-corrected chi connectivity index (χ2v) is 7.66. The molecule has 1 heterocycles. The molecule has 146 valence electrons. The molecule has 1 atom stereocenters. The van der Waals surface area contributed by atoms with Crippen LogP contribution in [0.1, 0.15) is 41.9 Å². The third kappa shape index (κ3) is 3.11. The number of rotatable bonds is 2. The van der Waals surface area contributed by atoms with Crippen LogP contribution in [0.5, 0.6) is 0 Å². The van der Waals surface area contributed by atoms with Gasteiger partial charge in [-0.05, 0) is 56.0 Å². The van der Waals surface area contributed by atoms with Gasteiger partial charge in [-0.1, -0.05) is 29.8 Å². The molecule has 0 amide bonds. The molecule has 4 rings (SSSR count). The van der Waals surface area contributed by atoms with Gasteiger partial charge in [0.2, 0.25) is 0 Å². The van der Waals surface area contributed by atoms with E-state index in [0.29, 0.717) is 36.1 Å². The molecule has 0 unspecified atom stereocenters. The number of hydrogen-bond donors (Lipinski definition) is 1. The SMILES string of the molecule is Cc1ccc(C)c([C@@H]2C(C#N)=C(N)N(c3cccc(F)c3)C3=C2C(=O)CCC3)c1. The fourth-order valence-electron chi connectivity index (χ4n) is 4.38. The zero-order valence-corrected chi connectivity index (χ0v) is 16.5. The number of nitrogens with two attached hydrogens (primary N) is 1. The molecule has 1 aliphatic heterocycles. The lowest BCUT2D eigenvalue weighted by atomic mass is 9.74. The van der Waals surface area contributed by atoms with Crippen molar-refractivity contribution < 1.29 is 9.18 Å². The van der Waals surface area contributed by atoms with Crippen LogP contribution in [-0.2, 0) is 4.79 Å². The second-order valence-electron chi connectivity index (χ2n) is 7.66. The lowest BCUT2D eigenvalue weighted by Crippen LogP contribution is -2.39. The predicted octanol–water partition coefficient (Wildman–Crippen LogP) is 4.75. The van der Waals surface area contributed by atoms with E-state index in [-0.39, 0.29) is 11.6 Å². The van der Waals surface area contributed by atoms with Gasteiger partial charge in [-0.2, -0.15) is 5.26 Å². The summed E-state index contributed by atoms with van der Waals surface area (Å²) in [7, 11) is 0. The van der Waals surface area contributed by atoms with Crippen LogP contribution in [-0.4, -0.2) is 5.78 Å². The normalized spacial score (nSPS) is 19.3. The van der Waals surface area contributed by atoms with Gasteiger partial charge in [0, 0.05) is 17.7 Å². The highest BCUT2D eigenvalue weighted by atomic mass is 19.1. The summed E-state index contributed by atoms with van der Waals surface area (Å²) in [6, 6.07) is 14.4. The Morgan fingerprint density at radius 2 is 1.97 bits per heavy atom. The Labute approximate surface area is 169 Å². The molecule has 0 fully saturated rings. The minimum absolute atomic E-state index is 0.0267. The summed E-state index contributed by atoms with van der Waals surface area (Å²) in [5, 5.41) is 10.0. The molecule has 2 aromatic carbocycles. The van der Waals surface area contributed by atoms with Crippen LogP contribution in [0, 0.1) is 31.0 Å². The van der Waals surface area contributed by atoms with Crippen molar-refractivity contribution in [2.75, 3.05) is 4.90 Å². The van der Waals surface area contributed by atoms with Crippen molar-refractivity contribution in [3.8, 4) is 6.07 Å². The molecular formula is C24H22FN3O. The zero-order valence-electron chi connectivity index (χ0n) is 16.5. The molecule has 29 heavy (non-hydrogen) atoms. The largest absolute Gasteiger partial charge is 0.384 e. The lowest BCUT2D eigenvalue weighted by molar-refractivity contribution is -0.116. The maximum absolute atomic E-state index is 13.9. The molecule has 0 radical (unpaired) electrons. The fraction of sp³-hybridized carbons (Fsp3) is 0.250. The van der Waals surface area contributed by atoms with Crippen LogP contribution >= 0.6 is 0 Å². The average molecular weight is 387 g/mol. The second kappa shape index (κ2) is 7.21. The zero-order chi connectivity index (χ0) is 20.7. The van der Waals surface area contributed by atoms with Crippen LogP contribution in [0.4, 0.5) is 10.1 Å². The summed E-state index contributed by atoms with van der Waals surface area (Å²) >= 11 is 0. The molecule has 0 spiro atoms. The first-order valence-electron chi connectivity index (χ1n) is 9.71. The van der Waals surface area contributed by atoms with Gasteiger partial charge in [0.15, 0.2) is 5.78 Å². The summed E-state index contributed by atoms with van der Waals surface area (Å²) in [5.74, 6) is -0.599. The van der Waals surface area contributed by atoms with E-state index in [0.717, 1.165) is 22.4 Å². The summed E-state index contributed by atoms with van der Waals surface area (Å²) in [6.45, 7) is 3.97. The van der Waals surface area contributed by atoms with Crippen LogP contribution < -0.4 is 10.6 Å². The number of benzene rings is 2. The molecule has 0 saturated carbocycles. The average Bonchev–Trinajstić information content (AvgIpc) is 2.69. The summed E-state index contributed by atoms with van der Waals surface area (Å²) in [6.07, 6.45) is 1.80. The third-order valence-electron chi connectivity index (χ3n) is 5.73. The number of halogens is 1. The Morgan fingerprint density at radius 1 is 1.17 bits per heavy atom. The van der Waals surface area contributed by atoms with Crippen LogP contribution in [0.2, 0.25) is 0 Å². The number of nitriles is 1. The number of carbonyl (C=O) groups excluding carboxylic acids is 1. The van der Waals surface area contributed by atoms with E-state index in [1.165, 1.54) is 12.1 Å². The maximum atomic E-state index is 13.9. The number of nitrogens with zero attached hydrogens (tertiary/aromatic N) is 2. The van der Waals surface area contributed by atoms with Crippen LogP contribution in [0.15, 0.2) is 65.1 Å². The molecule has 0 saturated heterocycles. The Bertz CT molecular complexity index is 1120. The number of hydrogen-bond acceptors (Lipinski definition) is 4. The molecular weight excluding hydrogens is 365 g/mol. The highest BCUT2D eigenvalue weighted by Gasteiger charge is 2.40. The van der Waals surface area contributed by atoms with Crippen molar-refractivity contribution in [3.05, 3.63) is 87.6 Å². The number of allylic oxidation sites excluding steroid dienone is 3. The number of ketones is 1. The van der Waals surface area contributed by atoms with Gasteiger partial charge in [0.25, 0.3) is 0 Å². The predicted molar refractivity (Wildman–Crippen MR) is 110 cm³/mol. The van der Waals surface area contributed by atoms with E-state index in [1.807, 2.05) is 32.0 Å². The topological polar surface area (TPSA) is 70.1 Å². The van der Waals surface area contributed by atoms with Gasteiger partial charge in [0.1, 0.15) is 11.6 Å². The number of anilines is 1. The van der Waals surface area contributed by atoms with Gasteiger partial charge < -0.3 is 5.73 Å². The molecule has 4 nitrogen and oxygen atoms in total. The third-order valence-corrected chi connectivity index (χ3v) is 5.73. The number of carbonyl (C=O) groups is 1. The molecule has 2 aromatic rings. The maximum Gasteiger partial charge on any atom is 0.161 e. The lowest BCUT2D eigenvalue weighted by Gasteiger charge is -2.40. The smallest absolute Gasteiger partial charge is 0.161 e. The Morgan fingerprint density at radius 3 is 2.69 bits per heavy atom. The van der Waals surface area contributed by atoms with Crippen LogP contribution in [0.25, 0.3) is 0 Å². The van der Waals surface area contributed by atoms with Crippen molar-refractivity contribution in [3.63, 3.8) is 0 Å². The monoisotopic (exact) mass is 387 g/mol. The Balaban J connectivity index is 2.01. The first-order chi connectivity index (χ1) is 13.9. The van der Waals surface area contributed by atoms with Gasteiger partial charge >= 0.3 is 0 Å². The van der Waals surface area contributed by atoms with Crippen molar-refractivity contribution in [1.82, 2.24) is 0 Å². The van der Waals surface area contributed by atoms with Crippen molar-refractivity contribution >= 4 is 11.5 Å². The summed E-state index contributed by atoms with van der Waals surface area (Å²) in [4.78, 5) is 14.8. The Kier molecular flexibility index (Phi) is 4.71. The molecule has 2 N–H and O–H groups in total. The molecule has 2 aliphatic rings. The highest BCUT2D eigenvalue weighted by Crippen LogP contribution is 2.47. The van der Waals surface area contributed by atoms with Gasteiger partial charge in [-0.3, -0.25) is 9.69 Å². The first-order valence-corrected chi connectivity index (χ1v) is 9.71. The minimum atomic E-state index is -0.493. The molecule has 0 aromatic heterocycles. The summed E-state index contributed by atoms with van der Waals surface area (Å²) < 4.78 is 13.9. The van der Waals surface area contributed by atoms with E-state index in [2.05, 4.69) is 6.07 Å². The van der Waals surface area contributed by atoms with E-state index >= 15 is 0 Å². The van der Waals surface area contributed by atoms with E-state index in [9.17, 15) is 14.4 Å². The molecule has 1 aliphatic carbocycles. The van der Waals surface area contributed by atoms with Crippen LogP contribution in [0.3, 0.4) is 0 Å². The van der Waals surface area contributed by atoms with E-state index in [4.69, 9.17) is 5.73 Å². The van der Waals surface area contributed by atoms with E-state index < -0.39 is 11.7 Å². The first kappa shape index (κ1) is 18.9. The quantitative estimate of drug-likeness (QED) is 0.807. The minimum Gasteiger partial charge on any atom is -0.384 e. The van der Waals surface area contributed by atoms with Gasteiger partial charge in [0.05, 0.1) is 23.2 Å². The number of Topliss-reactive ketones (excluding diaryl/α,β-unsaturated/α-hetero) is 1. The van der Waals surface area contributed by atoms with Gasteiger partial charge in [-0.15, -0.1) is 0 Å². The highest BCUT2D eigenvalue weighted by molar-refractivity contribution is 6.01. The summed E-state index contributed by atoms with van der Waals surface area (Å²) in [5.41, 5.74) is 11.7. The van der Waals surface area contributed by atoms with Crippen molar-refractivity contribution in [1.29, 1.82) is 5.26 Å². The number of aryl methyl sites for hydroxylation is 2. The fourth-order valence-corrected chi connectivity index (χ4v) is 4.38. The standard InChI is InChI=1S/C24H22FN3O/c1-14-9-10-15(2)18(11-14)22-19(13-26)24(27)28(17-6-3-5-16(25)12-17)20-7-4-8-21(29)23(20)22/h3,5-6,9-12,22H,4,7-8,27H2,1-2H3/t22-/m1/s1. The van der Waals surface area contributed by atoms with E-state index in [1.54, 1.807) is 17.0 Å². The van der Waals surface area contributed by atoms with Crippen molar-refractivity contribution in [2.24, 2.45) is 5.73 Å². The Hall–Kier alpha value is -3.39. The van der Waals surface area contributed by atoms with Gasteiger partial charge in [-0.25, -0.2) is 4.39 Å². The van der Waals surface area contributed by atoms with Crippen molar-refractivity contribution in [2.45, 2.75) is 39.0 Å². The molecule has 0 bridgehead atoms.